The van der Waals surface area contributed by atoms with E-state index in [2.05, 4.69) is 10.3 Å². The molecule has 0 unspecified atom stereocenters. The Kier molecular flexibility index (Phi) is 4.41. The minimum Gasteiger partial charge on any atom is -0.322 e. The van der Waals surface area contributed by atoms with Crippen molar-refractivity contribution in [3.8, 4) is 10.6 Å². The minimum absolute atomic E-state index is 0.0401. The highest BCUT2D eigenvalue weighted by atomic mass is 35.5. The van der Waals surface area contributed by atoms with Crippen LogP contribution < -0.4 is 5.32 Å². The lowest BCUT2D eigenvalue weighted by molar-refractivity contribution is 0.102. The molecule has 0 saturated heterocycles. The standard InChI is InChI=1S/C20H12ClFN2OS/c21-15-10-12(7-8-16(15)22)23-20(25)14-11-18(19-6-3-9-26-19)24-17-5-2-1-4-13(14)17/h1-11H,(H,23,25). The predicted molar refractivity (Wildman–Crippen MR) is 104 cm³/mol. The molecule has 4 aromatic rings. The van der Waals surface area contributed by atoms with Crippen molar-refractivity contribution >= 4 is 45.4 Å². The number of amides is 1. The number of aromatic nitrogens is 1. The molecule has 0 atom stereocenters. The zero-order valence-corrected chi connectivity index (χ0v) is 14.9. The van der Waals surface area contributed by atoms with Gasteiger partial charge in [0.1, 0.15) is 5.82 Å². The normalized spacial score (nSPS) is 10.8. The number of nitrogens with zero attached hydrogens (tertiary/aromatic N) is 1. The van der Waals surface area contributed by atoms with Gasteiger partial charge in [-0.15, -0.1) is 11.3 Å². The van der Waals surface area contributed by atoms with Gasteiger partial charge < -0.3 is 5.32 Å². The van der Waals surface area contributed by atoms with Crippen molar-refractivity contribution in [1.29, 1.82) is 0 Å². The summed E-state index contributed by atoms with van der Waals surface area (Å²) in [6, 6.07) is 17.2. The van der Waals surface area contributed by atoms with Crippen molar-refractivity contribution in [2.75, 3.05) is 5.32 Å². The van der Waals surface area contributed by atoms with Crippen molar-refractivity contribution in [2.24, 2.45) is 0 Å². The van der Waals surface area contributed by atoms with Crippen LogP contribution in [-0.4, -0.2) is 10.9 Å². The Morgan fingerprint density at radius 1 is 1.08 bits per heavy atom. The second-order valence-corrected chi connectivity index (χ2v) is 6.99. The smallest absolute Gasteiger partial charge is 0.256 e. The summed E-state index contributed by atoms with van der Waals surface area (Å²) in [4.78, 5) is 18.5. The number of carbonyl (C=O) groups is 1. The highest BCUT2D eigenvalue weighted by Crippen LogP contribution is 2.28. The average molecular weight is 383 g/mol. The van der Waals surface area contributed by atoms with E-state index in [0.29, 0.717) is 11.3 Å². The molecule has 0 radical (unpaired) electrons. The molecule has 2 aromatic heterocycles. The third-order valence-corrected chi connectivity index (χ3v) is 5.09. The van der Waals surface area contributed by atoms with Gasteiger partial charge >= 0.3 is 0 Å². The monoisotopic (exact) mass is 382 g/mol. The molecule has 1 N–H and O–H groups in total. The molecule has 6 heteroatoms. The number of anilines is 1. The molecule has 1 amide bonds. The van der Waals surface area contributed by atoms with Crippen LogP contribution in [0.15, 0.2) is 66.0 Å². The molecule has 0 bridgehead atoms. The van der Waals surface area contributed by atoms with Crippen LogP contribution in [0.5, 0.6) is 0 Å². The Labute approximate surface area is 158 Å². The Morgan fingerprint density at radius 2 is 1.92 bits per heavy atom. The van der Waals surface area contributed by atoms with E-state index in [1.807, 2.05) is 41.8 Å². The number of carbonyl (C=O) groups excluding carboxylic acids is 1. The summed E-state index contributed by atoms with van der Waals surface area (Å²) in [7, 11) is 0. The largest absolute Gasteiger partial charge is 0.322 e. The Balaban J connectivity index is 1.78. The fraction of sp³-hybridized carbons (Fsp3) is 0. The summed E-state index contributed by atoms with van der Waals surface area (Å²) in [5.41, 5.74) is 2.40. The number of para-hydroxylation sites is 1. The van der Waals surface area contributed by atoms with Crippen molar-refractivity contribution < 1.29 is 9.18 Å². The van der Waals surface area contributed by atoms with Crippen LogP contribution in [0.25, 0.3) is 21.5 Å². The SMILES string of the molecule is O=C(Nc1ccc(F)c(Cl)c1)c1cc(-c2cccs2)nc2ccccc12. The Morgan fingerprint density at radius 3 is 2.69 bits per heavy atom. The third-order valence-electron chi connectivity index (χ3n) is 3.91. The molecule has 0 spiro atoms. The lowest BCUT2D eigenvalue weighted by Crippen LogP contribution is -2.13. The molecule has 0 aliphatic carbocycles. The van der Waals surface area contributed by atoms with E-state index in [0.717, 1.165) is 21.5 Å². The first kappa shape index (κ1) is 16.7. The number of benzene rings is 2. The second-order valence-electron chi connectivity index (χ2n) is 5.63. The van der Waals surface area contributed by atoms with Crippen LogP contribution in [0, 0.1) is 5.82 Å². The van der Waals surface area contributed by atoms with Gasteiger partial charge in [0, 0.05) is 11.1 Å². The highest BCUT2D eigenvalue weighted by Gasteiger charge is 2.15. The van der Waals surface area contributed by atoms with Crippen LogP contribution in [0.4, 0.5) is 10.1 Å². The molecule has 3 nitrogen and oxygen atoms in total. The van der Waals surface area contributed by atoms with E-state index in [9.17, 15) is 9.18 Å². The van der Waals surface area contributed by atoms with Crippen molar-refractivity contribution in [3.05, 3.63) is 82.4 Å². The first-order valence-corrected chi connectivity index (χ1v) is 9.07. The maximum Gasteiger partial charge on any atom is 0.256 e. The van der Waals surface area contributed by atoms with Gasteiger partial charge in [0.15, 0.2) is 0 Å². The van der Waals surface area contributed by atoms with Gasteiger partial charge in [-0.1, -0.05) is 35.9 Å². The van der Waals surface area contributed by atoms with E-state index < -0.39 is 5.82 Å². The highest BCUT2D eigenvalue weighted by molar-refractivity contribution is 7.13. The molecule has 0 aliphatic heterocycles. The third kappa shape index (κ3) is 3.19. The van der Waals surface area contributed by atoms with Gasteiger partial charge in [-0.25, -0.2) is 9.37 Å². The molecule has 0 saturated carbocycles. The molecule has 26 heavy (non-hydrogen) atoms. The lowest BCUT2D eigenvalue weighted by Gasteiger charge is -2.10. The summed E-state index contributed by atoms with van der Waals surface area (Å²) < 4.78 is 13.3. The Hall–Kier alpha value is -2.76. The fourth-order valence-corrected chi connectivity index (χ4v) is 3.55. The van der Waals surface area contributed by atoms with Crippen LogP contribution in [0.3, 0.4) is 0 Å². The molecule has 2 aromatic carbocycles. The second kappa shape index (κ2) is 6.86. The Bertz CT molecular complexity index is 1110. The first-order valence-electron chi connectivity index (χ1n) is 7.82. The van der Waals surface area contributed by atoms with Gasteiger partial charge in [0.05, 0.1) is 26.7 Å². The van der Waals surface area contributed by atoms with E-state index in [1.54, 1.807) is 17.4 Å². The van der Waals surface area contributed by atoms with Gasteiger partial charge in [0.25, 0.3) is 5.91 Å². The lowest BCUT2D eigenvalue weighted by atomic mass is 10.1. The quantitative estimate of drug-likeness (QED) is 0.471. The molecule has 2 heterocycles. The van der Waals surface area contributed by atoms with Crippen LogP contribution in [0.1, 0.15) is 10.4 Å². The predicted octanol–water partition coefficient (Wildman–Crippen LogP) is 6.01. The van der Waals surface area contributed by atoms with Gasteiger partial charge in [-0.05, 0) is 41.8 Å². The van der Waals surface area contributed by atoms with Crippen molar-refractivity contribution in [3.63, 3.8) is 0 Å². The maximum absolute atomic E-state index is 13.3. The molecule has 0 aliphatic rings. The number of fused-ring (bicyclic) bond motifs is 1. The number of nitrogens with one attached hydrogen (secondary N) is 1. The molecule has 128 valence electrons. The number of rotatable bonds is 3. The van der Waals surface area contributed by atoms with Crippen molar-refractivity contribution in [2.45, 2.75) is 0 Å². The molecule has 4 rings (SSSR count). The topological polar surface area (TPSA) is 42.0 Å². The molecule has 0 fully saturated rings. The number of halogens is 2. The first-order chi connectivity index (χ1) is 12.6. The number of hydrogen-bond acceptors (Lipinski definition) is 3. The van der Waals surface area contributed by atoms with E-state index in [1.165, 1.54) is 18.2 Å². The zero-order valence-electron chi connectivity index (χ0n) is 13.4. The summed E-state index contributed by atoms with van der Waals surface area (Å²) in [5, 5.41) is 5.45. The minimum atomic E-state index is -0.529. The number of hydrogen-bond donors (Lipinski definition) is 1. The summed E-state index contributed by atoms with van der Waals surface area (Å²) >= 11 is 7.36. The van der Waals surface area contributed by atoms with Gasteiger partial charge in [-0.2, -0.15) is 0 Å². The van der Waals surface area contributed by atoms with Crippen LogP contribution >= 0.6 is 22.9 Å². The zero-order chi connectivity index (χ0) is 18.1. The van der Waals surface area contributed by atoms with Crippen LogP contribution in [-0.2, 0) is 0 Å². The summed E-state index contributed by atoms with van der Waals surface area (Å²) in [6.07, 6.45) is 0. The van der Waals surface area contributed by atoms with E-state index in [4.69, 9.17) is 11.6 Å². The van der Waals surface area contributed by atoms with Crippen LogP contribution in [0.2, 0.25) is 5.02 Å². The van der Waals surface area contributed by atoms with Gasteiger partial charge in [-0.3, -0.25) is 4.79 Å². The average Bonchev–Trinajstić information content (AvgIpc) is 3.18. The van der Waals surface area contributed by atoms with E-state index >= 15 is 0 Å². The maximum atomic E-state index is 13.3. The van der Waals surface area contributed by atoms with Crippen molar-refractivity contribution in [1.82, 2.24) is 4.98 Å². The van der Waals surface area contributed by atoms with E-state index in [-0.39, 0.29) is 10.9 Å². The molecular weight excluding hydrogens is 371 g/mol. The summed E-state index contributed by atoms with van der Waals surface area (Å²) in [6.45, 7) is 0. The molecular formula is C20H12ClFN2OS. The van der Waals surface area contributed by atoms with Gasteiger partial charge in [0.2, 0.25) is 0 Å². The number of pyridine rings is 1. The number of thiophene rings is 1. The fourth-order valence-electron chi connectivity index (χ4n) is 2.69. The summed E-state index contributed by atoms with van der Waals surface area (Å²) in [5.74, 6) is -0.830.